The van der Waals surface area contributed by atoms with E-state index in [0.29, 0.717) is 12.4 Å². The van der Waals surface area contributed by atoms with E-state index in [1.807, 2.05) is 39.0 Å². The van der Waals surface area contributed by atoms with Crippen LogP contribution in [0.25, 0.3) is 0 Å². The van der Waals surface area contributed by atoms with Crippen LogP contribution in [0.15, 0.2) is 29.1 Å². The first-order valence-corrected chi connectivity index (χ1v) is 6.94. The maximum atomic E-state index is 12.4. The molecule has 0 atom stereocenters. The Kier molecular flexibility index (Phi) is 4.57. The molecule has 2 aromatic rings. The van der Waals surface area contributed by atoms with Crippen LogP contribution >= 0.6 is 0 Å². The standard InChI is InChI=1S/C15H20N4O2/c1-10(2)19(9-12-6-4-5-11(3)7-12)14(20)8-13-16-15(21)18-17-13/h4-7,10H,8-9H2,1-3H3,(H2,16,17,18,21). The summed E-state index contributed by atoms with van der Waals surface area (Å²) < 4.78 is 0. The number of hydrogen-bond acceptors (Lipinski definition) is 3. The fourth-order valence-electron chi connectivity index (χ4n) is 2.20. The number of rotatable bonds is 5. The lowest BCUT2D eigenvalue weighted by atomic mass is 10.1. The minimum atomic E-state index is -0.396. The number of hydrogen-bond donors (Lipinski definition) is 2. The third-order valence-electron chi connectivity index (χ3n) is 3.25. The van der Waals surface area contributed by atoms with E-state index in [1.165, 1.54) is 5.56 Å². The minimum Gasteiger partial charge on any atom is -0.336 e. The highest BCUT2D eigenvalue weighted by atomic mass is 16.2. The van der Waals surface area contributed by atoms with Crippen molar-refractivity contribution >= 4 is 5.91 Å². The Balaban J connectivity index is 2.11. The summed E-state index contributed by atoms with van der Waals surface area (Å²) in [7, 11) is 0. The largest absolute Gasteiger partial charge is 0.340 e. The van der Waals surface area contributed by atoms with Crippen molar-refractivity contribution in [3.63, 3.8) is 0 Å². The van der Waals surface area contributed by atoms with Gasteiger partial charge in [0.1, 0.15) is 5.82 Å². The molecule has 0 bridgehead atoms. The van der Waals surface area contributed by atoms with Crippen LogP contribution in [0.5, 0.6) is 0 Å². The molecule has 1 heterocycles. The van der Waals surface area contributed by atoms with Crippen LogP contribution in [-0.2, 0) is 17.8 Å². The molecular formula is C15H20N4O2. The Morgan fingerprint density at radius 3 is 2.71 bits per heavy atom. The van der Waals surface area contributed by atoms with Crippen molar-refractivity contribution < 1.29 is 4.79 Å². The number of aromatic nitrogens is 3. The van der Waals surface area contributed by atoms with Crippen molar-refractivity contribution in [2.24, 2.45) is 0 Å². The second-order valence-corrected chi connectivity index (χ2v) is 5.41. The Bertz CT molecular complexity index is 672. The molecule has 0 saturated heterocycles. The Morgan fingerprint density at radius 2 is 2.14 bits per heavy atom. The fraction of sp³-hybridized carbons (Fsp3) is 0.400. The van der Waals surface area contributed by atoms with E-state index in [0.717, 1.165) is 5.56 Å². The number of carbonyl (C=O) groups excluding carboxylic acids is 1. The van der Waals surface area contributed by atoms with Crippen molar-refractivity contribution in [1.29, 1.82) is 0 Å². The van der Waals surface area contributed by atoms with Gasteiger partial charge in [0, 0.05) is 12.6 Å². The summed E-state index contributed by atoms with van der Waals surface area (Å²) in [6, 6.07) is 8.16. The summed E-state index contributed by atoms with van der Waals surface area (Å²) in [4.78, 5) is 27.7. The molecular weight excluding hydrogens is 268 g/mol. The molecule has 0 unspecified atom stereocenters. The molecule has 6 heteroatoms. The van der Waals surface area contributed by atoms with Crippen LogP contribution in [0.2, 0.25) is 0 Å². The smallest absolute Gasteiger partial charge is 0.336 e. The van der Waals surface area contributed by atoms with Crippen LogP contribution in [0.3, 0.4) is 0 Å². The van der Waals surface area contributed by atoms with E-state index in [1.54, 1.807) is 4.90 Å². The number of benzene rings is 1. The molecule has 0 radical (unpaired) electrons. The summed E-state index contributed by atoms with van der Waals surface area (Å²) in [5, 5.41) is 6.05. The lowest BCUT2D eigenvalue weighted by molar-refractivity contribution is -0.132. The maximum absolute atomic E-state index is 12.4. The normalized spacial score (nSPS) is 10.9. The number of H-pyrrole nitrogens is 2. The van der Waals surface area contributed by atoms with Crippen LogP contribution in [0.4, 0.5) is 0 Å². The third kappa shape index (κ3) is 4.05. The van der Waals surface area contributed by atoms with E-state index in [2.05, 4.69) is 21.2 Å². The summed E-state index contributed by atoms with van der Waals surface area (Å²) >= 11 is 0. The first kappa shape index (κ1) is 15.0. The van der Waals surface area contributed by atoms with E-state index < -0.39 is 5.69 Å². The average Bonchev–Trinajstić information content (AvgIpc) is 2.81. The van der Waals surface area contributed by atoms with Gasteiger partial charge in [0.2, 0.25) is 5.91 Å². The zero-order valence-electron chi connectivity index (χ0n) is 12.5. The SMILES string of the molecule is Cc1cccc(CN(C(=O)Cc2n[nH]c(=O)[nH]2)C(C)C)c1. The molecule has 0 fully saturated rings. The molecule has 1 aromatic heterocycles. The lowest BCUT2D eigenvalue weighted by Gasteiger charge is -2.26. The maximum Gasteiger partial charge on any atom is 0.340 e. The monoisotopic (exact) mass is 288 g/mol. The average molecular weight is 288 g/mol. The highest BCUT2D eigenvalue weighted by Gasteiger charge is 2.19. The molecule has 0 aliphatic carbocycles. The van der Waals surface area contributed by atoms with Gasteiger partial charge in [0.05, 0.1) is 6.42 Å². The second kappa shape index (κ2) is 6.39. The number of amides is 1. The topological polar surface area (TPSA) is 81.8 Å². The molecule has 112 valence electrons. The van der Waals surface area contributed by atoms with Crippen LogP contribution in [-0.4, -0.2) is 32.0 Å². The van der Waals surface area contributed by atoms with Gasteiger partial charge in [-0.1, -0.05) is 29.8 Å². The molecule has 0 saturated carbocycles. The predicted molar refractivity (Wildman–Crippen MR) is 79.8 cm³/mol. The highest BCUT2D eigenvalue weighted by molar-refractivity contribution is 5.78. The number of nitrogens with zero attached hydrogens (tertiary/aromatic N) is 2. The van der Waals surface area contributed by atoms with E-state index in [-0.39, 0.29) is 18.4 Å². The Morgan fingerprint density at radius 1 is 1.38 bits per heavy atom. The van der Waals surface area contributed by atoms with Crippen LogP contribution in [0, 0.1) is 6.92 Å². The van der Waals surface area contributed by atoms with Gasteiger partial charge in [-0.3, -0.25) is 9.78 Å². The predicted octanol–water partition coefficient (Wildman–Crippen LogP) is 1.39. The fourth-order valence-corrected chi connectivity index (χ4v) is 2.20. The van der Waals surface area contributed by atoms with Crippen LogP contribution < -0.4 is 5.69 Å². The van der Waals surface area contributed by atoms with Gasteiger partial charge in [-0.05, 0) is 26.3 Å². The van der Waals surface area contributed by atoms with Gasteiger partial charge in [0.25, 0.3) is 0 Å². The summed E-state index contributed by atoms with van der Waals surface area (Å²) in [6.45, 7) is 6.52. The third-order valence-corrected chi connectivity index (χ3v) is 3.25. The molecule has 0 aliphatic heterocycles. The van der Waals surface area contributed by atoms with Crippen molar-refractivity contribution in [1.82, 2.24) is 20.1 Å². The van der Waals surface area contributed by atoms with Gasteiger partial charge in [-0.15, -0.1) is 0 Å². The molecule has 2 N–H and O–H groups in total. The minimum absolute atomic E-state index is 0.0609. The molecule has 0 spiro atoms. The van der Waals surface area contributed by atoms with Crippen LogP contribution in [0.1, 0.15) is 30.8 Å². The summed E-state index contributed by atoms with van der Waals surface area (Å²) in [6.07, 6.45) is 0.0860. The van der Waals surface area contributed by atoms with Gasteiger partial charge in [-0.25, -0.2) is 9.89 Å². The molecule has 1 aromatic carbocycles. The van der Waals surface area contributed by atoms with Gasteiger partial charge < -0.3 is 4.90 Å². The summed E-state index contributed by atoms with van der Waals surface area (Å²) in [5.74, 6) is 0.300. The van der Waals surface area contributed by atoms with Crippen molar-refractivity contribution in [2.45, 2.75) is 39.8 Å². The number of nitrogens with one attached hydrogen (secondary N) is 2. The molecule has 1 amide bonds. The molecule has 6 nitrogen and oxygen atoms in total. The first-order valence-electron chi connectivity index (χ1n) is 6.94. The molecule has 0 aliphatic rings. The summed E-state index contributed by atoms with van der Waals surface area (Å²) in [5.41, 5.74) is 1.86. The van der Waals surface area contributed by atoms with Gasteiger partial charge in [-0.2, -0.15) is 5.10 Å². The lowest BCUT2D eigenvalue weighted by Crippen LogP contribution is -2.37. The van der Waals surface area contributed by atoms with Crippen molar-refractivity contribution in [2.75, 3.05) is 0 Å². The zero-order chi connectivity index (χ0) is 15.4. The van der Waals surface area contributed by atoms with Crippen molar-refractivity contribution in [3.8, 4) is 0 Å². The van der Waals surface area contributed by atoms with E-state index >= 15 is 0 Å². The number of aromatic amines is 2. The zero-order valence-corrected chi connectivity index (χ0v) is 12.5. The van der Waals surface area contributed by atoms with Crippen molar-refractivity contribution in [3.05, 3.63) is 51.7 Å². The first-order chi connectivity index (χ1) is 9.95. The highest BCUT2D eigenvalue weighted by Crippen LogP contribution is 2.11. The molecule has 2 rings (SSSR count). The molecule has 21 heavy (non-hydrogen) atoms. The van der Waals surface area contributed by atoms with Gasteiger partial charge in [0.15, 0.2) is 0 Å². The second-order valence-electron chi connectivity index (χ2n) is 5.41. The Hall–Kier alpha value is -2.37. The van der Waals surface area contributed by atoms with E-state index in [4.69, 9.17) is 0 Å². The van der Waals surface area contributed by atoms with E-state index in [9.17, 15) is 9.59 Å². The van der Waals surface area contributed by atoms with Gasteiger partial charge >= 0.3 is 5.69 Å². The quantitative estimate of drug-likeness (QED) is 0.872. The Labute approximate surface area is 123 Å². The number of aryl methyl sites for hydroxylation is 1. The number of carbonyl (C=O) groups is 1.